The number of hydrogen-bond donors (Lipinski definition) is 1. The van der Waals surface area contributed by atoms with E-state index in [-0.39, 0.29) is 22.7 Å². The monoisotopic (exact) mass is 599 g/mol. The van der Waals surface area contributed by atoms with Gasteiger partial charge in [-0.2, -0.15) is 4.31 Å². The highest BCUT2D eigenvalue weighted by atomic mass is 79.9. The number of rotatable bonds is 7. The van der Waals surface area contributed by atoms with Crippen molar-refractivity contribution in [3.63, 3.8) is 0 Å². The number of H-pyrrole nitrogens is 1. The molecule has 1 aliphatic heterocycles. The highest BCUT2D eigenvalue weighted by Crippen LogP contribution is 2.25. The lowest BCUT2D eigenvalue weighted by Crippen LogP contribution is -2.48. The van der Waals surface area contributed by atoms with E-state index in [0.29, 0.717) is 49.5 Å². The van der Waals surface area contributed by atoms with Crippen molar-refractivity contribution in [2.24, 2.45) is 0 Å². The van der Waals surface area contributed by atoms with E-state index in [1.807, 2.05) is 19.1 Å². The number of halogens is 1. The molecule has 4 aromatic rings. The lowest BCUT2D eigenvalue weighted by Gasteiger charge is -2.34. The third kappa shape index (κ3) is 4.91. The van der Waals surface area contributed by atoms with E-state index in [9.17, 15) is 18.0 Å². The van der Waals surface area contributed by atoms with Gasteiger partial charge in [-0.3, -0.25) is 18.8 Å². The van der Waals surface area contributed by atoms with Gasteiger partial charge in [-0.15, -0.1) is 0 Å². The average molecular weight is 601 g/mol. The van der Waals surface area contributed by atoms with E-state index in [1.165, 1.54) is 14.4 Å². The standard InChI is InChI=1S/C27H30BrN5O4S/c1-3-32-24-17-23(29-25(24)26(34)33(4-2)27(32)35)20-7-11-22(12-8-20)38(36,37)31-15-13-30(14-16-31)18-19-5-9-21(28)10-6-19/h5-12,17,29H,3-4,13-16,18H2,1-2H3. The molecule has 0 unspecified atom stereocenters. The van der Waals surface area contributed by atoms with Gasteiger partial charge < -0.3 is 4.98 Å². The number of aromatic amines is 1. The fourth-order valence-corrected chi connectivity index (χ4v) is 6.65. The van der Waals surface area contributed by atoms with E-state index in [1.54, 1.807) is 41.8 Å². The summed E-state index contributed by atoms with van der Waals surface area (Å²) in [7, 11) is -3.63. The summed E-state index contributed by atoms with van der Waals surface area (Å²) in [6.45, 7) is 7.32. The summed E-state index contributed by atoms with van der Waals surface area (Å²) in [6.07, 6.45) is 0. The number of hydrogen-bond acceptors (Lipinski definition) is 5. The largest absolute Gasteiger partial charge is 0.349 e. The van der Waals surface area contributed by atoms with Crippen molar-refractivity contribution < 1.29 is 8.42 Å². The van der Waals surface area contributed by atoms with Gasteiger partial charge in [0.2, 0.25) is 10.0 Å². The summed E-state index contributed by atoms with van der Waals surface area (Å²) in [5.41, 5.74) is 2.79. The second kappa shape index (κ2) is 10.6. The van der Waals surface area contributed by atoms with Crippen LogP contribution in [0.3, 0.4) is 0 Å². The van der Waals surface area contributed by atoms with Crippen molar-refractivity contribution in [2.75, 3.05) is 26.2 Å². The predicted octanol–water partition coefficient (Wildman–Crippen LogP) is 3.47. The minimum absolute atomic E-state index is 0.234. The molecule has 1 saturated heterocycles. The Morgan fingerprint density at radius 2 is 1.50 bits per heavy atom. The van der Waals surface area contributed by atoms with Crippen molar-refractivity contribution in [1.29, 1.82) is 0 Å². The van der Waals surface area contributed by atoms with Gasteiger partial charge >= 0.3 is 5.69 Å². The number of aryl methyl sites for hydroxylation is 1. The topological polar surface area (TPSA) is 100 Å². The number of nitrogens with one attached hydrogen (secondary N) is 1. The first kappa shape index (κ1) is 26.6. The van der Waals surface area contributed by atoms with Crippen LogP contribution in [0.15, 0.2) is 73.6 Å². The van der Waals surface area contributed by atoms with Gasteiger partial charge in [0.05, 0.1) is 10.4 Å². The Labute approximate surface area is 229 Å². The van der Waals surface area contributed by atoms with Crippen LogP contribution in [0.5, 0.6) is 0 Å². The summed E-state index contributed by atoms with van der Waals surface area (Å²) >= 11 is 3.45. The van der Waals surface area contributed by atoms with Gasteiger partial charge in [-0.05, 0) is 55.3 Å². The highest BCUT2D eigenvalue weighted by molar-refractivity contribution is 9.10. The molecule has 0 atom stereocenters. The van der Waals surface area contributed by atoms with Crippen molar-refractivity contribution in [1.82, 2.24) is 23.3 Å². The highest BCUT2D eigenvalue weighted by Gasteiger charge is 2.28. The van der Waals surface area contributed by atoms with Gasteiger partial charge in [-0.25, -0.2) is 13.2 Å². The first-order valence-electron chi connectivity index (χ1n) is 12.7. The first-order chi connectivity index (χ1) is 18.2. The second-order valence-electron chi connectivity index (χ2n) is 9.35. The van der Waals surface area contributed by atoms with Gasteiger partial charge in [0.15, 0.2) is 0 Å². The molecule has 0 saturated carbocycles. The Bertz CT molecular complexity index is 1680. The molecule has 1 fully saturated rings. The van der Waals surface area contributed by atoms with Crippen LogP contribution in [0.1, 0.15) is 19.4 Å². The molecule has 200 valence electrons. The number of aromatic nitrogens is 3. The predicted molar refractivity (Wildman–Crippen MR) is 152 cm³/mol. The molecule has 0 aliphatic carbocycles. The number of nitrogens with zero attached hydrogens (tertiary/aromatic N) is 4. The lowest BCUT2D eigenvalue weighted by atomic mass is 10.1. The molecule has 0 radical (unpaired) electrons. The van der Waals surface area contributed by atoms with E-state index in [4.69, 9.17) is 0 Å². The molecule has 38 heavy (non-hydrogen) atoms. The minimum atomic E-state index is -3.63. The minimum Gasteiger partial charge on any atom is -0.349 e. The Kier molecular flexibility index (Phi) is 7.45. The van der Waals surface area contributed by atoms with Crippen LogP contribution in [-0.2, 0) is 29.7 Å². The molecule has 1 N–H and O–H groups in total. The molecule has 9 nitrogen and oxygen atoms in total. The van der Waals surface area contributed by atoms with Gasteiger partial charge in [0.25, 0.3) is 5.56 Å². The SMILES string of the molecule is CCn1c(=O)c2[nH]c(-c3ccc(S(=O)(=O)N4CCN(Cc5ccc(Br)cc5)CC4)cc3)cc2n(CC)c1=O. The molecule has 2 aromatic heterocycles. The summed E-state index contributed by atoms with van der Waals surface area (Å²) in [5.74, 6) is 0. The molecular weight excluding hydrogens is 570 g/mol. The molecular formula is C27H30BrN5O4S. The molecule has 2 aromatic carbocycles. The molecule has 5 rings (SSSR count). The maximum atomic E-state index is 13.3. The number of benzene rings is 2. The summed E-state index contributed by atoms with van der Waals surface area (Å²) in [6, 6.07) is 16.6. The third-order valence-electron chi connectivity index (χ3n) is 7.09. The second-order valence-corrected chi connectivity index (χ2v) is 12.2. The molecule has 0 amide bonds. The number of piperazine rings is 1. The van der Waals surface area contributed by atoms with E-state index in [2.05, 4.69) is 37.9 Å². The van der Waals surface area contributed by atoms with Crippen LogP contribution in [0.2, 0.25) is 0 Å². The molecule has 11 heteroatoms. The summed E-state index contributed by atoms with van der Waals surface area (Å²) in [5, 5.41) is 0. The smallest absolute Gasteiger partial charge is 0.331 e. The van der Waals surface area contributed by atoms with Crippen LogP contribution >= 0.6 is 15.9 Å². The van der Waals surface area contributed by atoms with Crippen molar-refractivity contribution in [3.8, 4) is 11.3 Å². The van der Waals surface area contributed by atoms with E-state index < -0.39 is 10.0 Å². The fraction of sp³-hybridized carbons (Fsp3) is 0.333. The zero-order chi connectivity index (χ0) is 27.0. The zero-order valence-electron chi connectivity index (χ0n) is 21.4. The molecule has 0 bridgehead atoms. The van der Waals surface area contributed by atoms with E-state index >= 15 is 0 Å². The molecule has 1 aliphatic rings. The van der Waals surface area contributed by atoms with Crippen LogP contribution in [-0.4, -0.2) is 57.9 Å². The summed E-state index contributed by atoms with van der Waals surface area (Å²) < 4.78 is 32.0. The zero-order valence-corrected chi connectivity index (χ0v) is 23.8. The van der Waals surface area contributed by atoms with Gasteiger partial charge in [-0.1, -0.05) is 40.2 Å². The fourth-order valence-electron chi connectivity index (χ4n) is 4.96. The van der Waals surface area contributed by atoms with Gasteiger partial charge in [0.1, 0.15) is 5.52 Å². The Balaban J connectivity index is 1.33. The van der Waals surface area contributed by atoms with Crippen LogP contribution < -0.4 is 11.2 Å². The first-order valence-corrected chi connectivity index (χ1v) is 14.9. The van der Waals surface area contributed by atoms with Crippen LogP contribution in [0.25, 0.3) is 22.3 Å². The lowest BCUT2D eigenvalue weighted by molar-refractivity contribution is 0.181. The van der Waals surface area contributed by atoms with E-state index in [0.717, 1.165) is 16.6 Å². The maximum Gasteiger partial charge on any atom is 0.331 e. The maximum absolute atomic E-state index is 13.3. The van der Waals surface area contributed by atoms with Crippen LogP contribution in [0.4, 0.5) is 0 Å². The van der Waals surface area contributed by atoms with Crippen molar-refractivity contribution in [3.05, 3.63) is 85.5 Å². The Hall–Kier alpha value is -2.99. The Morgan fingerprint density at radius 1 is 0.868 bits per heavy atom. The Morgan fingerprint density at radius 3 is 2.11 bits per heavy atom. The quantitative estimate of drug-likeness (QED) is 0.350. The van der Waals surface area contributed by atoms with Crippen LogP contribution in [0, 0.1) is 0 Å². The number of fused-ring (bicyclic) bond motifs is 1. The summed E-state index contributed by atoms with van der Waals surface area (Å²) in [4.78, 5) is 31.1. The normalized spacial score (nSPS) is 15.3. The van der Waals surface area contributed by atoms with Crippen molar-refractivity contribution in [2.45, 2.75) is 38.4 Å². The third-order valence-corrected chi connectivity index (χ3v) is 9.54. The average Bonchev–Trinajstić information content (AvgIpc) is 3.37. The van der Waals surface area contributed by atoms with Gasteiger partial charge in [0, 0.05) is 56.0 Å². The molecule has 0 spiro atoms. The molecule has 3 heterocycles. The number of sulfonamides is 1. The van der Waals surface area contributed by atoms with Crippen molar-refractivity contribution >= 4 is 37.0 Å².